The molecule has 0 aromatic heterocycles. The van der Waals surface area contributed by atoms with Crippen LogP contribution in [0.1, 0.15) is 19.4 Å². The fourth-order valence-electron chi connectivity index (χ4n) is 1.20. The zero-order chi connectivity index (χ0) is 9.90. The van der Waals surface area contributed by atoms with Crippen LogP contribution in [-0.4, -0.2) is 0 Å². The number of nitrogens with zero attached hydrogens (tertiary/aromatic N) is 1. The summed E-state index contributed by atoms with van der Waals surface area (Å²) in [5, 5.41) is 9.57. The van der Waals surface area contributed by atoms with Gasteiger partial charge < -0.3 is 0 Å². The molecular formula is C11H12ClN. The van der Waals surface area contributed by atoms with E-state index in [-0.39, 0.29) is 5.41 Å². The summed E-state index contributed by atoms with van der Waals surface area (Å²) in [4.78, 5) is 0. The van der Waals surface area contributed by atoms with Gasteiger partial charge in [-0.1, -0.05) is 23.7 Å². The molecule has 0 aliphatic carbocycles. The highest BCUT2D eigenvalue weighted by Gasteiger charge is 2.16. The number of nitriles is 1. The number of halogens is 1. The van der Waals surface area contributed by atoms with Crippen LogP contribution in [0.2, 0.25) is 5.02 Å². The van der Waals surface area contributed by atoms with Gasteiger partial charge in [0.25, 0.3) is 0 Å². The van der Waals surface area contributed by atoms with Crippen molar-refractivity contribution in [3.8, 4) is 6.07 Å². The molecule has 0 fully saturated rings. The Morgan fingerprint density at radius 2 is 2.15 bits per heavy atom. The zero-order valence-corrected chi connectivity index (χ0v) is 8.60. The first kappa shape index (κ1) is 10.1. The van der Waals surface area contributed by atoms with Gasteiger partial charge in [-0.05, 0) is 38.0 Å². The molecule has 0 amide bonds. The lowest BCUT2D eigenvalue weighted by Crippen LogP contribution is -2.11. The molecule has 68 valence electrons. The van der Waals surface area contributed by atoms with Crippen LogP contribution in [0, 0.1) is 16.7 Å². The van der Waals surface area contributed by atoms with Crippen molar-refractivity contribution in [1.82, 2.24) is 0 Å². The van der Waals surface area contributed by atoms with Gasteiger partial charge in [-0.2, -0.15) is 5.26 Å². The fraction of sp³-hybridized carbons (Fsp3) is 0.364. The normalized spacial score (nSPS) is 10.9. The van der Waals surface area contributed by atoms with Gasteiger partial charge in [-0.3, -0.25) is 0 Å². The number of rotatable bonds is 2. The summed E-state index contributed by atoms with van der Waals surface area (Å²) in [5.41, 5.74) is 0.795. The Labute approximate surface area is 84.0 Å². The van der Waals surface area contributed by atoms with Gasteiger partial charge >= 0.3 is 0 Å². The van der Waals surface area contributed by atoms with Gasteiger partial charge in [0, 0.05) is 5.02 Å². The summed E-state index contributed by atoms with van der Waals surface area (Å²) in [6.07, 6.45) is 0.740. The molecule has 1 aromatic carbocycles. The summed E-state index contributed by atoms with van der Waals surface area (Å²) in [6.45, 7) is 3.85. The number of hydrogen-bond acceptors (Lipinski definition) is 1. The first-order chi connectivity index (χ1) is 6.03. The summed E-state index contributed by atoms with van der Waals surface area (Å²) in [7, 11) is 0. The third-order valence-electron chi connectivity index (χ3n) is 1.84. The quantitative estimate of drug-likeness (QED) is 0.706. The Morgan fingerprint density at radius 1 is 1.46 bits per heavy atom. The lowest BCUT2D eigenvalue weighted by Gasteiger charge is -2.14. The van der Waals surface area contributed by atoms with E-state index in [0.717, 1.165) is 17.0 Å². The van der Waals surface area contributed by atoms with Crippen LogP contribution in [0.25, 0.3) is 0 Å². The van der Waals surface area contributed by atoms with Crippen molar-refractivity contribution < 1.29 is 0 Å². The monoisotopic (exact) mass is 193 g/mol. The standard InChI is InChI=1S/C11H12ClN/c1-11(2,8-13)7-9-4-3-5-10(12)6-9/h3-6H,7H2,1-2H3. The maximum Gasteiger partial charge on any atom is 0.0687 e. The Kier molecular flexibility index (Phi) is 2.95. The average molecular weight is 194 g/mol. The van der Waals surface area contributed by atoms with E-state index in [1.54, 1.807) is 0 Å². The molecule has 0 radical (unpaired) electrons. The third-order valence-corrected chi connectivity index (χ3v) is 2.07. The van der Waals surface area contributed by atoms with Gasteiger partial charge in [-0.15, -0.1) is 0 Å². The highest BCUT2D eigenvalue weighted by Crippen LogP contribution is 2.22. The second-order valence-corrected chi connectivity index (χ2v) is 4.24. The van der Waals surface area contributed by atoms with Crippen molar-refractivity contribution in [2.24, 2.45) is 5.41 Å². The Hall–Kier alpha value is -1.00. The van der Waals surface area contributed by atoms with E-state index in [0.29, 0.717) is 0 Å². The van der Waals surface area contributed by atoms with E-state index in [4.69, 9.17) is 16.9 Å². The molecule has 0 aliphatic rings. The van der Waals surface area contributed by atoms with E-state index < -0.39 is 0 Å². The topological polar surface area (TPSA) is 23.8 Å². The summed E-state index contributed by atoms with van der Waals surface area (Å²) in [5.74, 6) is 0. The second kappa shape index (κ2) is 3.81. The Morgan fingerprint density at radius 3 is 2.69 bits per heavy atom. The molecular weight excluding hydrogens is 182 g/mol. The van der Waals surface area contributed by atoms with Gasteiger partial charge in [0.05, 0.1) is 11.5 Å². The molecule has 0 heterocycles. The molecule has 0 aliphatic heterocycles. The smallest absolute Gasteiger partial charge is 0.0687 e. The molecule has 0 saturated carbocycles. The SMILES string of the molecule is CC(C)(C#N)Cc1cccc(Cl)c1. The minimum Gasteiger partial charge on any atom is -0.198 e. The Balaban J connectivity index is 2.82. The molecule has 0 unspecified atom stereocenters. The van der Waals surface area contributed by atoms with Gasteiger partial charge in [-0.25, -0.2) is 0 Å². The highest BCUT2D eigenvalue weighted by molar-refractivity contribution is 6.30. The van der Waals surface area contributed by atoms with E-state index >= 15 is 0 Å². The van der Waals surface area contributed by atoms with E-state index in [2.05, 4.69) is 6.07 Å². The first-order valence-electron chi connectivity index (χ1n) is 4.19. The van der Waals surface area contributed by atoms with Crippen LogP contribution < -0.4 is 0 Å². The minimum atomic E-state index is -0.315. The predicted molar refractivity (Wildman–Crippen MR) is 54.6 cm³/mol. The van der Waals surface area contributed by atoms with E-state index in [1.807, 2.05) is 38.1 Å². The molecule has 2 heteroatoms. The fourth-order valence-corrected chi connectivity index (χ4v) is 1.41. The first-order valence-corrected chi connectivity index (χ1v) is 4.57. The van der Waals surface area contributed by atoms with Crippen LogP contribution in [0.3, 0.4) is 0 Å². The number of hydrogen-bond donors (Lipinski definition) is 0. The van der Waals surface area contributed by atoms with Crippen molar-refractivity contribution >= 4 is 11.6 Å². The van der Waals surface area contributed by atoms with Crippen LogP contribution in [0.5, 0.6) is 0 Å². The molecule has 1 rings (SSSR count). The largest absolute Gasteiger partial charge is 0.198 e. The van der Waals surface area contributed by atoms with Crippen LogP contribution in [-0.2, 0) is 6.42 Å². The van der Waals surface area contributed by atoms with Gasteiger partial charge in [0.15, 0.2) is 0 Å². The summed E-state index contributed by atoms with van der Waals surface area (Å²) in [6, 6.07) is 9.91. The van der Waals surface area contributed by atoms with Crippen LogP contribution >= 0.6 is 11.6 Å². The maximum absolute atomic E-state index is 8.84. The molecule has 1 aromatic rings. The molecule has 0 spiro atoms. The van der Waals surface area contributed by atoms with E-state index in [1.165, 1.54) is 0 Å². The third kappa shape index (κ3) is 3.08. The van der Waals surface area contributed by atoms with Crippen molar-refractivity contribution in [1.29, 1.82) is 5.26 Å². The van der Waals surface area contributed by atoms with E-state index in [9.17, 15) is 0 Å². The summed E-state index contributed by atoms with van der Waals surface area (Å²) < 4.78 is 0. The minimum absolute atomic E-state index is 0.315. The molecule has 13 heavy (non-hydrogen) atoms. The zero-order valence-electron chi connectivity index (χ0n) is 7.84. The van der Waals surface area contributed by atoms with Crippen molar-refractivity contribution in [3.05, 3.63) is 34.9 Å². The summed E-state index contributed by atoms with van der Waals surface area (Å²) >= 11 is 5.83. The molecule has 0 N–H and O–H groups in total. The van der Waals surface area contributed by atoms with Crippen LogP contribution in [0.4, 0.5) is 0 Å². The van der Waals surface area contributed by atoms with Gasteiger partial charge in [0.1, 0.15) is 0 Å². The predicted octanol–water partition coefficient (Wildman–Crippen LogP) is 3.43. The molecule has 0 bridgehead atoms. The Bertz CT molecular complexity index is 336. The van der Waals surface area contributed by atoms with Gasteiger partial charge in [0.2, 0.25) is 0 Å². The average Bonchev–Trinajstić information content (AvgIpc) is 2.03. The lowest BCUT2D eigenvalue weighted by atomic mass is 9.87. The highest BCUT2D eigenvalue weighted by atomic mass is 35.5. The lowest BCUT2D eigenvalue weighted by molar-refractivity contribution is 0.493. The number of benzene rings is 1. The molecule has 0 saturated heterocycles. The van der Waals surface area contributed by atoms with Crippen molar-refractivity contribution in [2.75, 3.05) is 0 Å². The van der Waals surface area contributed by atoms with Crippen LogP contribution in [0.15, 0.2) is 24.3 Å². The maximum atomic E-state index is 8.84. The van der Waals surface area contributed by atoms with Crippen molar-refractivity contribution in [3.63, 3.8) is 0 Å². The molecule has 1 nitrogen and oxygen atoms in total. The molecule has 0 atom stereocenters. The van der Waals surface area contributed by atoms with Crippen molar-refractivity contribution in [2.45, 2.75) is 20.3 Å². The second-order valence-electron chi connectivity index (χ2n) is 3.80.